The molecule has 0 aliphatic heterocycles. The third kappa shape index (κ3) is 5.01. The number of aliphatic hydroxyl groups is 1. The predicted molar refractivity (Wildman–Crippen MR) is 56.4 cm³/mol. The van der Waals surface area contributed by atoms with Gasteiger partial charge < -0.3 is 10.8 Å². The van der Waals surface area contributed by atoms with Crippen molar-refractivity contribution in [3.8, 4) is 0 Å². The van der Waals surface area contributed by atoms with Crippen molar-refractivity contribution in [2.75, 3.05) is 11.5 Å². The van der Waals surface area contributed by atoms with E-state index < -0.39 is 5.60 Å². The quantitative estimate of drug-likeness (QED) is 0.692. The van der Waals surface area contributed by atoms with Crippen molar-refractivity contribution < 1.29 is 5.11 Å². The van der Waals surface area contributed by atoms with Crippen LogP contribution in [0.5, 0.6) is 0 Å². The number of hydrogen-bond donors (Lipinski definition) is 2. The summed E-state index contributed by atoms with van der Waals surface area (Å²) in [6.07, 6.45) is 0. The molecule has 74 valence electrons. The summed E-state index contributed by atoms with van der Waals surface area (Å²) >= 11 is 1.72. The Morgan fingerprint density at radius 2 is 1.92 bits per heavy atom. The molecule has 2 atom stereocenters. The van der Waals surface area contributed by atoms with Gasteiger partial charge in [0.1, 0.15) is 0 Å². The van der Waals surface area contributed by atoms with E-state index in [0.717, 1.165) is 11.5 Å². The Kier molecular flexibility index (Phi) is 5.21. The maximum absolute atomic E-state index is 9.84. The predicted octanol–water partition coefficient (Wildman–Crippen LogP) is 1.47. The van der Waals surface area contributed by atoms with Gasteiger partial charge in [0.05, 0.1) is 5.60 Å². The zero-order valence-electron chi connectivity index (χ0n) is 8.50. The van der Waals surface area contributed by atoms with Crippen LogP contribution < -0.4 is 5.73 Å². The molecule has 0 spiro atoms. The van der Waals surface area contributed by atoms with Crippen LogP contribution in [0.15, 0.2) is 0 Å². The van der Waals surface area contributed by atoms with Gasteiger partial charge in [0.25, 0.3) is 0 Å². The summed E-state index contributed by atoms with van der Waals surface area (Å²) in [6, 6.07) is 0.220. The van der Waals surface area contributed by atoms with Gasteiger partial charge in [0, 0.05) is 17.5 Å². The molecule has 2 nitrogen and oxygen atoms in total. The van der Waals surface area contributed by atoms with E-state index in [4.69, 9.17) is 5.73 Å². The molecule has 3 N–H and O–H groups in total. The summed E-state index contributed by atoms with van der Waals surface area (Å²) in [7, 11) is 0. The molecular weight excluding hydrogens is 170 g/mol. The smallest absolute Gasteiger partial charge is 0.0732 e. The van der Waals surface area contributed by atoms with Crippen LogP contribution in [0.4, 0.5) is 0 Å². The zero-order chi connectivity index (χ0) is 9.78. The third-order valence-corrected chi connectivity index (χ3v) is 3.57. The van der Waals surface area contributed by atoms with Crippen LogP contribution in [-0.2, 0) is 0 Å². The second-order valence-electron chi connectivity index (χ2n) is 4.00. The second-order valence-corrected chi connectivity index (χ2v) is 5.03. The number of rotatable bonds is 5. The van der Waals surface area contributed by atoms with Crippen LogP contribution >= 0.6 is 11.8 Å². The maximum atomic E-state index is 9.84. The van der Waals surface area contributed by atoms with Crippen molar-refractivity contribution >= 4 is 11.8 Å². The van der Waals surface area contributed by atoms with Crippen LogP contribution in [0.25, 0.3) is 0 Å². The van der Waals surface area contributed by atoms with E-state index in [1.165, 1.54) is 0 Å². The number of thioether (sulfide) groups is 1. The number of nitrogens with two attached hydrogens (primary N) is 1. The second kappa shape index (κ2) is 5.10. The Morgan fingerprint density at radius 1 is 1.42 bits per heavy atom. The standard InChI is InChI=1S/C9H21NOS/c1-7(2)9(4,11)6-12-5-8(3)10/h7-8,11H,5-6,10H2,1-4H3. The highest BCUT2D eigenvalue weighted by Gasteiger charge is 2.24. The van der Waals surface area contributed by atoms with Crippen LogP contribution in [0.2, 0.25) is 0 Å². The van der Waals surface area contributed by atoms with Crippen molar-refractivity contribution in [3.05, 3.63) is 0 Å². The molecule has 0 bridgehead atoms. The third-order valence-electron chi connectivity index (χ3n) is 2.02. The van der Waals surface area contributed by atoms with Gasteiger partial charge in [-0.2, -0.15) is 11.8 Å². The molecule has 0 heterocycles. The Morgan fingerprint density at radius 3 is 2.25 bits per heavy atom. The maximum Gasteiger partial charge on any atom is 0.0732 e. The van der Waals surface area contributed by atoms with Crippen molar-refractivity contribution in [1.29, 1.82) is 0 Å². The van der Waals surface area contributed by atoms with Gasteiger partial charge in [-0.1, -0.05) is 13.8 Å². The minimum atomic E-state index is -0.556. The van der Waals surface area contributed by atoms with E-state index in [1.807, 2.05) is 27.7 Å². The molecule has 0 rings (SSSR count). The number of hydrogen-bond acceptors (Lipinski definition) is 3. The zero-order valence-corrected chi connectivity index (χ0v) is 9.32. The largest absolute Gasteiger partial charge is 0.389 e. The van der Waals surface area contributed by atoms with Crippen LogP contribution in [0.1, 0.15) is 27.7 Å². The molecule has 0 saturated heterocycles. The lowest BCUT2D eigenvalue weighted by atomic mass is 9.95. The lowest BCUT2D eigenvalue weighted by Crippen LogP contribution is -2.34. The molecule has 0 saturated carbocycles. The molecule has 0 radical (unpaired) electrons. The summed E-state index contributed by atoms with van der Waals surface area (Å²) in [5.74, 6) is 1.99. The van der Waals surface area contributed by atoms with E-state index in [0.29, 0.717) is 5.92 Å². The van der Waals surface area contributed by atoms with Gasteiger partial charge in [-0.15, -0.1) is 0 Å². The average molecular weight is 191 g/mol. The summed E-state index contributed by atoms with van der Waals surface area (Å²) in [5.41, 5.74) is 5.04. The van der Waals surface area contributed by atoms with Crippen molar-refractivity contribution in [2.45, 2.75) is 39.3 Å². The van der Waals surface area contributed by atoms with Gasteiger partial charge in [0.2, 0.25) is 0 Å². The Bertz CT molecular complexity index is 124. The topological polar surface area (TPSA) is 46.2 Å². The molecule has 0 amide bonds. The molecule has 0 fully saturated rings. The highest BCUT2D eigenvalue weighted by Crippen LogP contribution is 2.21. The molecule has 0 aromatic carbocycles. The van der Waals surface area contributed by atoms with E-state index in [9.17, 15) is 5.11 Å². The molecule has 2 unspecified atom stereocenters. The molecule has 3 heteroatoms. The Hall–Kier alpha value is 0.270. The summed E-state index contributed by atoms with van der Waals surface area (Å²) in [6.45, 7) is 7.93. The Balaban J connectivity index is 3.61. The first-order valence-corrected chi connectivity index (χ1v) is 5.57. The van der Waals surface area contributed by atoms with E-state index in [1.54, 1.807) is 11.8 Å². The van der Waals surface area contributed by atoms with Gasteiger partial charge in [-0.05, 0) is 19.8 Å². The molecule has 0 aromatic heterocycles. The monoisotopic (exact) mass is 191 g/mol. The first-order chi connectivity index (χ1) is 5.36. The van der Waals surface area contributed by atoms with Gasteiger partial charge in [0.15, 0.2) is 0 Å². The fourth-order valence-electron chi connectivity index (χ4n) is 0.618. The van der Waals surface area contributed by atoms with Gasteiger partial charge >= 0.3 is 0 Å². The lowest BCUT2D eigenvalue weighted by Gasteiger charge is -2.27. The fourth-order valence-corrected chi connectivity index (χ4v) is 1.85. The van der Waals surface area contributed by atoms with E-state index in [2.05, 4.69) is 0 Å². The normalized spacial score (nSPS) is 19.2. The van der Waals surface area contributed by atoms with Gasteiger partial charge in [-0.25, -0.2) is 0 Å². The molecule has 0 aromatic rings. The summed E-state index contributed by atoms with van der Waals surface area (Å²) < 4.78 is 0. The first kappa shape index (κ1) is 12.3. The highest BCUT2D eigenvalue weighted by molar-refractivity contribution is 7.99. The van der Waals surface area contributed by atoms with Gasteiger partial charge in [-0.3, -0.25) is 0 Å². The molecular formula is C9H21NOS. The van der Waals surface area contributed by atoms with Crippen molar-refractivity contribution in [2.24, 2.45) is 11.7 Å². The SMILES string of the molecule is CC(N)CSCC(C)(O)C(C)C. The minimum Gasteiger partial charge on any atom is -0.389 e. The van der Waals surface area contributed by atoms with Crippen molar-refractivity contribution in [3.63, 3.8) is 0 Å². The molecule has 0 aliphatic rings. The van der Waals surface area contributed by atoms with E-state index >= 15 is 0 Å². The highest BCUT2D eigenvalue weighted by atomic mass is 32.2. The minimum absolute atomic E-state index is 0.220. The average Bonchev–Trinajstić information content (AvgIpc) is 1.85. The van der Waals surface area contributed by atoms with Crippen LogP contribution in [0.3, 0.4) is 0 Å². The first-order valence-electron chi connectivity index (χ1n) is 4.42. The molecule has 0 aliphatic carbocycles. The van der Waals surface area contributed by atoms with E-state index in [-0.39, 0.29) is 6.04 Å². The van der Waals surface area contributed by atoms with Crippen LogP contribution in [0, 0.1) is 5.92 Å². The summed E-state index contributed by atoms with van der Waals surface area (Å²) in [4.78, 5) is 0. The van der Waals surface area contributed by atoms with Crippen molar-refractivity contribution in [1.82, 2.24) is 0 Å². The Labute approximate surface area is 79.9 Å². The summed E-state index contributed by atoms with van der Waals surface area (Å²) in [5, 5.41) is 9.84. The fraction of sp³-hybridized carbons (Fsp3) is 1.00. The van der Waals surface area contributed by atoms with Crippen LogP contribution in [-0.4, -0.2) is 28.3 Å². The lowest BCUT2D eigenvalue weighted by molar-refractivity contribution is 0.0376. The molecule has 12 heavy (non-hydrogen) atoms.